The van der Waals surface area contributed by atoms with Crippen LogP contribution in [0.25, 0.3) is 0 Å². The predicted octanol–water partition coefficient (Wildman–Crippen LogP) is 0.812. The Kier molecular flexibility index (Phi) is 6.62. The SMILES string of the molecule is CCCCOc1nc(N)c2c(n1)N(CCCCN1CCNCC1)C(=O)C2. The van der Waals surface area contributed by atoms with Crippen LogP contribution >= 0.6 is 0 Å². The van der Waals surface area contributed by atoms with E-state index in [1.807, 2.05) is 0 Å². The first-order valence-corrected chi connectivity index (χ1v) is 9.71. The summed E-state index contributed by atoms with van der Waals surface area (Å²) in [6.45, 7) is 8.75. The van der Waals surface area contributed by atoms with Gasteiger partial charge in [-0.25, -0.2) is 0 Å². The molecule has 0 aliphatic carbocycles. The number of rotatable bonds is 9. The fourth-order valence-corrected chi connectivity index (χ4v) is 3.37. The second kappa shape index (κ2) is 9.14. The van der Waals surface area contributed by atoms with E-state index < -0.39 is 0 Å². The molecule has 26 heavy (non-hydrogen) atoms. The smallest absolute Gasteiger partial charge is 0.320 e. The topological polar surface area (TPSA) is 96.6 Å². The maximum Gasteiger partial charge on any atom is 0.320 e. The highest BCUT2D eigenvalue weighted by atomic mass is 16.5. The molecule has 2 aliphatic rings. The highest BCUT2D eigenvalue weighted by Gasteiger charge is 2.31. The van der Waals surface area contributed by atoms with E-state index in [4.69, 9.17) is 10.5 Å². The first kappa shape index (κ1) is 18.8. The molecule has 1 amide bonds. The van der Waals surface area contributed by atoms with E-state index in [2.05, 4.69) is 27.1 Å². The number of amides is 1. The van der Waals surface area contributed by atoms with Crippen molar-refractivity contribution < 1.29 is 9.53 Å². The average molecular weight is 362 g/mol. The lowest BCUT2D eigenvalue weighted by molar-refractivity contribution is -0.117. The molecule has 0 unspecified atom stereocenters. The van der Waals surface area contributed by atoms with Gasteiger partial charge in [0.15, 0.2) is 0 Å². The zero-order valence-electron chi connectivity index (χ0n) is 15.7. The maximum atomic E-state index is 12.4. The summed E-state index contributed by atoms with van der Waals surface area (Å²) in [4.78, 5) is 25.3. The molecule has 1 saturated heterocycles. The normalized spacial score (nSPS) is 17.6. The molecule has 144 valence electrons. The average Bonchev–Trinajstić information content (AvgIpc) is 2.96. The van der Waals surface area contributed by atoms with E-state index in [1.54, 1.807) is 4.90 Å². The van der Waals surface area contributed by atoms with Crippen LogP contribution in [0.5, 0.6) is 6.01 Å². The minimum atomic E-state index is 0.0499. The van der Waals surface area contributed by atoms with Crippen molar-refractivity contribution in [3.05, 3.63) is 5.56 Å². The van der Waals surface area contributed by atoms with Gasteiger partial charge in [0.25, 0.3) is 0 Å². The van der Waals surface area contributed by atoms with Gasteiger partial charge in [-0.3, -0.25) is 9.69 Å². The summed E-state index contributed by atoms with van der Waals surface area (Å²) in [5, 5.41) is 3.36. The minimum Gasteiger partial charge on any atom is -0.463 e. The molecule has 8 heteroatoms. The molecule has 8 nitrogen and oxygen atoms in total. The van der Waals surface area contributed by atoms with Gasteiger partial charge in [0.2, 0.25) is 5.91 Å². The first-order valence-electron chi connectivity index (χ1n) is 9.71. The van der Waals surface area contributed by atoms with Crippen LogP contribution < -0.4 is 20.7 Å². The van der Waals surface area contributed by atoms with E-state index in [1.165, 1.54) is 0 Å². The third-order valence-electron chi connectivity index (χ3n) is 4.93. The molecular formula is C18H30N6O2. The summed E-state index contributed by atoms with van der Waals surface area (Å²) >= 11 is 0. The number of carbonyl (C=O) groups is 1. The number of unbranched alkanes of at least 4 members (excludes halogenated alkanes) is 2. The van der Waals surface area contributed by atoms with Gasteiger partial charge in [0, 0.05) is 38.3 Å². The van der Waals surface area contributed by atoms with Crippen molar-refractivity contribution in [2.24, 2.45) is 0 Å². The molecule has 0 radical (unpaired) electrons. The highest BCUT2D eigenvalue weighted by Crippen LogP contribution is 2.32. The number of piperazine rings is 1. The Labute approximate surface area is 155 Å². The minimum absolute atomic E-state index is 0.0499. The van der Waals surface area contributed by atoms with Gasteiger partial charge in [0.1, 0.15) is 11.6 Å². The van der Waals surface area contributed by atoms with E-state index in [-0.39, 0.29) is 18.3 Å². The Hall–Kier alpha value is -1.93. The van der Waals surface area contributed by atoms with Gasteiger partial charge in [-0.2, -0.15) is 9.97 Å². The highest BCUT2D eigenvalue weighted by molar-refractivity contribution is 6.01. The standard InChI is InChI=1S/C18H30N6O2/c1-2-3-12-26-18-21-16(19)14-13-15(25)24(17(14)22-18)9-5-4-8-23-10-6-20-7-11-23/h20H,2-13H2,1H3,(H2,19,21,22). The lowest BCUT2D eigenvalue weighted by Gasteiger charge is -2.27. The van der Waals surface area contributed by atoms with Crippen LogP contribution in [-0.2, 0) is 11.2 Å². The molecular weight excluding hydrogens is 332 g/mol. The van der Waals surface area contributed by atoms with Gasteiger partial charge < -0.3 is 20.7 Å². The lowest BCUT2D eigenvalue weighted by Crippen LogP contribution is -2.43. The molecule has 3 heterocycles. The van der Waals surface area contributed by atoms with Gasteiger partial charge in [0.05, 0.1) is 13.0 Å². The number of anilines is 2. The zero-order valence-corrected chi connectivity index (χ0v) is 15.7. The predicted molar refractivity (Wildman–Crippen MR) is 101 cm³/mol. The molecule has 3 rings (SSSR count). The number of nitrogens with two attached hydrogens (primary N) is 1. The van der Waals surface area contributed by atoms with E-state index in [0.29, 0.717) is 24.8 Å². The Bertz CT molecular complexity index is 618. The van der Waals surface area contributed by atoms with Crippen LogP contribution in [0.3, 0.4) is 0 Å². The number of fused-ring (bicyclic) bond motifs is 1. The molecule has 1 fully saturated rings. The van der Waals surface area contributed by atoms with Gasteiger partial charge in [-0.05, 0) is 25.8 Å². The van der Waals surface area contributed by atoms with Crippen LogP contribution in [-0.4, -0.2) is 66.7 Å². The number of nitrogens with one attached hydrogen (secondary N) is 1. The number of hydrogen-bond donors (Lipinski definition) is 2. The van der Waals surface area contributed by atoms with Crippen LogP contribution in [0.2, 0.25) is 0 Å². The molecule has 3 N–H and O–H groups in total. The van der Waals surface area contributed by atoms with Crippen LogP contribution in [0.15, 0.2) is 0 Å². The van der Waals surface area contributed by atoms with Crippen molar-refractivity contribution in [1.82, 2.24) is 20.2 Å². The van der Waals surface area contributed by atoms with E-state index in [9.17, 15) is 4.79 Å². The number of nitrogen functional groups attached to an aromatic ring is 1. The maximum absolute atomic E-state index is 12.4. The molecule has 1 aromatic rings. The second-order valence-electron chi connectivity index (χ2n) is 6.92. The Morgan fingerprint density at radius 1 is 1.15 bits per heavy atom. The summed E-state index contributed by atoms with van der Waals surface area (Å²) in [5.74, 6) is 1.04. The quantitative estimate of drug-likeness (QED) is 0.628. The molecule has 0 aromatic carbocycles. The monoisotopic (exact) mass is 362 g/mol. The summed E-state index contributed by atoms with van der Waals surface area (Å²) in [7, 11) is 0. The van der Waals surface area contributed by atoms with E-state index in [0.717, 1.165) is 64.0 Å². The van der Waals surface area contributed by atoms with Crippen molar-refractivity contribution in [2.45, 2.75) is 39.0 Å². The van der Waals surface area contributed by atoms with Crippen molar-refractivity contribution >= 4 is 17.5 Å². The number of hydrogen-bond acceptors (Lipinski definition) is 7. The first-order chi connectivity index (χ1) is 12.7. The molecule has 0 bridgehead atoms. The summed E-state index contributed by atoms with van der Waals surface area (Å²) < 4.78 is 5.59. The number of nitrogens with zero attached hydrogens (tertiary/aromatic N) is 4. The molecule has 1 aromatic heterocycles. The number of carbonyl (C=O) groups excluding carboxylic acids is 1. The van der Waals surface area contributed by atoms with Gasteiger partial charge >= 0.3 is 6.01 Å². The van der Waals surface area contributed by atoms with Gasteiger partial charge in [-0.1, -0.05) is 13.3 Å². The Morgan fingerprint density at radius 2 is 1.92 bits per heavy atom. The van der Waals surface area contributed by atoms with Crippen molar-refractivity contribution in [2.75, 3.05) is 56.5 Å². The summed E-state index contributed by atoms with van der Waals surface area (Å²) in [6, 6.07) is 0.273. The second-order valence-corrected chi connectivity index (χ2v) is 6.92. The third kappa shape index (κ3) is 4.62. The zero-order chi connectivity index (χ0) is 18.4. The third-order valence-corrected chi connectivity index (χ3v) is 4.93. The van der Waals surface area contributed by atoms with Crippen molar-refractivity contribution in [3.8, 4) is 6.01 Å². The molecule has 0 spiro atoms. The molecule has 2 aliphatic heterocycles. The van der Waals surface area contributed by atoms with Crippen LogP contribution in [0, 0.1) is 0 Å². The fraction of sp³-hybridized carbons (Fsp3) is 0.722. The van der Waals surface area contributed by atoms with Crippen molar-refractivity contribution in [1.29, 1.82) is 0 Å². The number of ether oxygens (including phenoxy) is 1. The lowest BCUT2D eigenvalue weighted by atomic mass is 10.2. The number of aromatic nitrogens is 2. The Balaban J connectivity index is 1.56. The Morgan fingerprint density at radius 3 is 2.69 bits per heavy atom. The van der Waals surface area contributed by atoms with Crippen LogP contribution in [0.4, 0.5) is 11.6 Å². The largest absolute Gasteiger partial charge is 0.463 e. The molecule has 0 atom stereocenters. The van der Waals surface area contributed by atoms with Crippen LogP contribution in [0.1, 0.15) is 38.2 Å². The van der Waals surface area contributed by atoms with Crippen molar-refractivity contribution in [3.63, 3.8) is 0 Å². The van der Waals surface area contributed by atoms with E-state index >= 15 is 0 Å². The molecule has 0 saturated carbocycles. The fourth-order valence-electron chi connectivity index (χ4n) is 3.37. The van der Waals surface area contributed by atoms with Gasteiger partial charge in [-0.15, -0.1) is 0 Å². The summed E-state index contributed by atoms with van der Waals surface area (Å²) in [6.07, 6.45) is 4.28. The summed E-state index contributed by atoms with van der Waals surface area (Å²) in [5.41, 5.74) is 6.77.